The first-order valence-corrected chi connectivity index (χ1v) is 6.22. The number of hydrogen-bond acceptors (Lipinski definition) is 5. The van der Waals surface area contributed by atoms with E-state index in [9.17, 15) is 9.59 Å². The van der Waals surface area contributed by atoms with Gasteiger partial charge in [-0.1, -0.05) is 23.7 Å². The number of halogens is 1. The zero-order valence-corrected chi connectivity index (χ0v) is 11.7. The number of Topliss-reactive ketones (excluding diaryl/α,β-unsaturated/α-hetero) is 1. The maximum Gasteiger partial charge on any atom is 0.378 e. The number of hydrogen-bond donors (Lipinski definition) is 0. The summed E-state index contributed by atoms with van der Waals surface area (Å²) >= 11 is 6.07. The molecule has 104 valence electrons. The predicted octanol–water partition coefficient (Wildman–Crippen LogP) is 1.97. The van der Waals surface area contributed by atoms with Gasteiger partial charge in [0.05, 0.1) is 10.7 Å². The minimum Gasteiger partial charge on any atom is -0.452 e. The van der Waals surface area contributed by atoms with Crippen molar-refractivity contribution in [3.8, 4) is 5.69 Å². The van der Waals surface area contributed by atoms with Crippen LogP contribution in [0.1, 0.15) is 23.4 Å². The van der Waals surface area contributed by atoms with Crippen molar-refractivity contribution in [2.75, 3.05) is 6.61 Å². The molecule has 0 unspecified atom stereocenters. The third-order valence-corrected chi connectivity index (χ3v) is 2.76. The van der Waals surface area contributed by atoms with Crippen LogP contribution in [0, 0.1) is 6.92 Å². The molecule has 20 heavy (non-hydrogen) atoms. The predicted molar refractivity (Wildman–Crippen MR) is 72.1 cm³/mol. The third-order valence-electron chi connectivity index (χ3n) is 2.44. The van der Waals surface area contributed by atoms with Gasteiger partial charge in [-0.3, -0.25) is 4.79 Å². The standard InChI is InChI=1S/C13H12ClN3O3/c1-8(18)7-20-13(19)12-15-9(2)17(16-12)11-6-4-3-5-10(11)14/h3-6H,7H2,1-2H3. The summed E-state index contributed by atoms with van der Waals surface area (Å²) in [5, 5.41) is 4.54. The molecule has 0 fully saturated rings. The van der Waals surface area contributed by atoms with Gasteiger partial charge in [0.15, 0.2) is 5.78 Å². The number of ketones is 1. The molecule has 1 aromatic carbocycles. The summed E-state index contributed by atoms with van der Waals surface area (Å²) < 4.78 is 6.22. The zero-order valence-electron chi connectivity index (χ0n) is 11.0. The van der Waals surface area contributed by atoms with E-state index in [1.54, 1.807) is 31.2 Å². The molecule has 7 heteroatoms. The van der Waals surface area contributed by atoms with E-state index in [0.717, 1.165) is 0 Å². The summed E-state index contributed by atoms with van der Waals surface area (Å²) in [4.78, 5) is 26.5. The minimum absolute atomic E-state index is 0.108. The van der Waals surface area contributed by atoms with Gasteiger partial charge in [0, 0.05) is 0 Å². The molecule has 0 aliphatic rings. The van der Waals surface area contributed by atoms with Crippen molar-refractivity contribution in [2.45, 2.75) is 13.8 Å². The summed E-state index contributed by atoms with van der Waals surface area (Å²) in [7, 11) is 0. The lowest BCUT2D eigenvalue weighted by Gasteiger charge is -2.04. The fraction of sp³-hybridized carbons (Fsp3) is 0.231. The quantitative estimate of drug-likeness (QED) is 0.806. The van der Waals surface area contributed by atoms with Crippen LogP contribution in [0.2, 0.25) is 5.02 Å². The van der Waals surface area contributed by atoms with Gasteiger partial charge in [-0.2, -0.15) is 0 Å². The Hall–Kier alpha value is -2.21. The lowest BCUT2D eigenvalue weighted by Crippen LogP contribution is -2.13. The molecule has 0 radical (unpaired) electrons. The van der Waals surface area contributed by atoms with Gasteiger partial charge in [0.2, 0.25) is 0 Å². The van der Waals surface area contributed by atoms with E-state index in [4.69, 9.17) is 16.3 Å². The van der Waals surface area contributed by atoms with Gasteiger partial charge in [-0.15, -0.1) is 5.10 Å². The van der Waals surface area contributed by atoms with Gasteiger partial charge < -0.3 is 4.74 Å². The van der Waals surface area contributed by atoms with Gasteiger partial charge in [-0.25, -0.2) is 14.5 Å². The highest BCUT2D eigenvalue weighted by molar-refractivity contribution is 6.32. The summed E-state index contributed by atoms with van der Waals surface area (Å²) in [5.74, 6) is -0.605. The van der Waals surface area contributed by atoms with Crippen molar-refractivity contribution in [2.24, 2.45) is 0 Å². The molecule has 0 amide bonds. The van der Waals surface area contributed by atoms with E-state index in [1.165, 1.54) is 11.6 Å². The Morgan fingerprint density at radius 1 is 1.35 bits per heavy atom. The van der Waals surface area contributed by atoms with Crippen LogP contribution in [0.15, 0.2) is 24.3 Å². The lowest BCUT2D eigenvalue weighted by atomic mass is 10.3. The van der Waals surface area contributed by atoms with E-state index in [0.29, 0.717) is 16.5 Å². The van der Waals surface area contributed by atoms with Crippen LogP contribution < -0.4 is 0 Å². The molecule has 0 bridgehead atoms. The molecule has 6 nitrogen and oxygen atoms in total. The SMILES string of the molecule is CC(=O)COC(=O)c1nc(C)n(-c2ccccc2Cl)n1. The molecule has 0 atom stereocenters. The maximum atomic E-state index is 11.7. The van der Waals surface area contributed by atoms with Crippen LogP contribution in [0.3, 0.4) is 0 Å². The highest BCUT2D eigenvalue weighted by Crippen LogP contribution is 2.20. The van der Waals surface area contributed by atoms with Crippen molar-refractivity contribution in [3.05, 3.63) is 40.9 Å². The maximum absolute atomic E-state index is 11.7. The number of para-hydroxylation sites is 1. The van der Waals surface area contributed by atoms with Gasteiger partial charge in [0.25, 0.3) is 5.82 Å². The van der Waals surface area contributed by atoms with Crippen LogP contribution >= 0.6 is 11.6 Å². The first kappa shape index (κ1) is 14.2. The molecule has 2 rings (SSSR count). The van der Waals surface area contributed by atoms with Gasteiger partial charge in [-0.05, 0) is 26.0 Å². The molecule has 2 aromatic rings. The number of carbonyl (C=O) groups is 2. The highest BCUT2D eigenvalue weighted by Gasteiger charge is 2.18. The summed E-state index contributed by atoms with van der Waals surface area (Å²) in [6.45, 7) is 2.73. The average molecular weight is 294 g/mol. The first-order chi connectivity index (χ1) is 9.49. The van der Waals surface area contributed by atoms with E-state index in [2.05, 4.69) is 10.1 Å². The van der Waals surface area contributed by atoms with E-state index >= 15 is 0 Å². The van der Waals surface area contributed by atoms with E-state index in [1.807, 2.05) is 0 Å². The number of rotatable bonds is 4. The fourth-order valence-corrected chi connectivity index (χ4v) is 1.78. The van der Waals surface area contributed by atoms with Crippen LogP contribution in [0.5, 0.6) is 0 Å². The Morgan fingerprint density at radius 2 is 2.05 bits per heavy atom. The molecule has 0 saturated heterocycles. The van der Waals surface area contributed by atoms with Crippen LogP contribution in [-0.2, 0) is 9.53 Å². The molecular formula is C13H12ClN3O3. The monoisotopic (exact) mass is 293 g/mol. The van der Waals surface area contributed by atoms with E-state index < -0.39 is 5.97 Å². The second kappa shape index (κ2) is 5.83. The van der Waals surface area contributed by atoms with Crippen molar-refractivity contribution in [3.63, 3.8) is 0 Å². The van der Waals surface area contributed by atoms with E-state index in [-0.39, 0.29) is 18.2 Å². The first-order valence-electron chi connectivity index (χ1n) is 5.84. The Bertz CT molecular complexity index is 667. The topological polar surface area (TPSA) is 74.1 Å². The van der Waals surface area contributed by atoms with Crippen molar-refractivity contribution in [1.82, 2.24) is 14.8 Å². The van der Waals surface area contributed by atoms with Gasteiger partial charge in [0.1, 0.15) is 12.4 Å². The smallest absolute Gasteiger partial charge is 0.378 e. The van der Waals surface area contributed by atoms with Gasteiger partial charge >= 0.3 is 5.97 Å². The zero-order chi connectivity index (χ0) is 14.7. The number of aryl methyl sites for hydroxylation is 1. The highest BCUT2D eigenvalue weighted by atomic mass is 35.5. The lowest BCUT2D eigenvalue weighted by molar-refractivity contribution is -0.120. The number of esters is 1. The summed E-state index contributed by atoms with van der Waals surface area (Å²) in [6, 6.07) is 7.07. The van der Waals surface area contributed by atoms with Crippen molar-refractivity contribution >= 4 is 23.4 Å². The van der Waals surface area contributed by atoms with Crippen molar-refractivity contribution < 1.29 is 14.3 Å². The Balaban J connectivity index is 2.28. The molecule has 0 aliphatic carbocycles. The molecular weight excluding hydrogens is 282 g/mol. The Kier molecular flexibility index (Phi) is 4.14. The molecule has 0 saturated carbocycles. The number of ether oxygens (including phenoxy) is 1. The second-order valence-electron chi connectivity index (χ2n) is 4.12. The number of benzene rings is 1. The number of aromatic nitrogens is 3. The number of carbonyl (C=O) groups excluding carboxylic acids is 2. The summed E-state index contributed by atoms with van der Waals surface area (Å²) in [5.41, 5.74) is 0.616. The molecule has 1 aromatic heterocycles. The van der Waals surface area contributed by atoms with Crippen LogP contribution in [0.25, 0.3) is 5.69 Å². The average Bonchev–Trinajstić information content (AvgIpc) is 2.78. The fourth-order valence-electron chi connectivity index (χ4n) is 1.56. The second-order valence-corrected chi connectivity index (χ2v) is 4.53. The molecule has 0 spiro atoms. The third kappa shape index (κ3) is 3.03. The summed E-state index contributed by atoms with van der Waals surface area (Å²) in [6.07, 6.45) is 0. The van der Waals surface area contributed by atoms with Crippen LogP contribution in [0.4, 0.5) is 0 Å². The molecule has 0 N–H and O–H groups in total. The molecule has 1 heterocycles. The minimum atomic E-state index is -0.742. The number of nitrogens with zero attached hydrogens (tertiary/aromatic N) is 3. The normalized spacial score (nSPS) is 10.3. The van der Waals surface area contributed by atoms with Crippen molar-refractivity contribution in [1.29, 1.82) is 0 Å². The van der Waals surface area contributed by atoms with Crippen LogP contribution in [-0.4, -0.2) is 33.1 Å². The largest absolute Gasteiger partial charge is 0.452 e. The Morgan fingerprint density at radius 3 is 2.70 bits per heavy atom. The Labute approximate surface area is 120 Å². The molecule has 0 aliphatic heterocycles.